The molecule has 0 saturated carbocycles. The molecule has 1 saturated heterocycles. The van der Waals surface area contributed by atoms with Crippen molar-refractivity contribution in [1.29, 1.82) is 0 Å². The molecule has 4 rings (SSSR count). The van der Waals surface area contributed by atoms with Gasteiger partial charge in [-0.2, -0.15) is 9.50 Å². The lowest BCUT2D eigenvalue weighted by atomic mass is 10.2. The third-order valence-electron chi connectivity index (χ3n) is 4.65. The Balaban J connectivity index is 1.57. The number of anilines is 2. The first-order valence-electron chi connectivity index (χ1n) is 8.14. The van der Waals surface area contributed by atoms with Crippen molar-refractivity contribution in [3.63, 3.8) is 0 Å². The molecule has 0 radical (unpaired) electrons. The zero-order valence-corrected chi connectivity index (χ0v) is 13.9. The highest BCUT2D eigenvalue weighted by Gasteiger charge is 2.20. The van der Waals surface area contributed by atoms with E-state index in [2.05, 4.69) is 49.1 Å². The summed E-state index contributed by atoms with van der Waals surface area (Å²) in [6.45, 7) is 7.16. The van der Waals surface area contributed by atoms with Gasteiger partial charge in [0.05, 0.1) is 0 Å². The molecule has 0 spiro atoms. The first-order valence-corrected chi connectivity index (χ1v) is 8.14. The predicted molar refractivity (Wildman–Crippen MR) is 93.9 cm³/mol. The third kappa shape index (κ3) is 2.42. The lowest BCUT2D eigenvalue weighted by molar-refractivity contribution is 0.639. The average Bonchev–Trinajstić information content (AvgIpc) is 3.05. The summed E-state index contributed by atoms with van der Waals surface area (Å²) in [4.78, 5) is 25.7. The summed E-state index contributed by atoms with van der Waals surface area (Å²) in [6, 6.07) is 10.4. The predicted octanol–water partition coefficient (Wildman–Crippen LogP) is 1.36. The number of nitrogens with one attached hydrogen (secondary N) is 1. The third-order valence-corrected chi connectivity index (χ3v) is 4.65. The van der Waals surface area contributed by atoms with Crippen LogP contribution in [0.3, 0.4) is 0 Å². The summed E-state index contributed by atoms with van der Waals surface area (Å²) in [5.74, 6) is 1.14. The van der Waals surface area contributed by atoms with Gasteiger partial charge in [0.2, 0.25) is 5.95 Å². The molecular formula is C17H20N6O. The number of benzene rings is 1. The van der Waals surface area contributed by atoms with Crippen LogP contribution >= 0.6 is 0 Å². The van der Waals surface area contributed by atoms with Crippen molar-refractivity contribution < 1.29 is 0 Å². The number of H-pyrrole nitrogens is 1. The summed E-state index contributed by atoms with van der Waals surface area (Å²) in [7, 11) is 0. The van der Waals surface area contributed by atoms with Gasteiger partial charge in [-0.1, -0.05) is 18.2 Å². The summed E-state index contributed by atoms with van der Waals surface area (Å²) < 4.78 is 1.43. The molecule has 7 nitrogen and oxygen atoms in total. The van der Waals surface area contributed by atoms with E-state index < -0.39 is 0 Å². The van der Waals surface area contributed by atoms with E-state index in [1.807, 2.05) is 13.0 Å². The van der Waals surface area contributed by atoms with Gasteiger partial charge in [0, 0.05) is 43.1 Å². The Morgan fingerprint density at radius 1 is 0.958 bits per heavy atom. The number of fused-ring (bicyclic) bond motifs is 1. The maximum absolute atomic E-state index is 12.3. The minimum Gasteiger partial charge on any atom is -0.368 e. The number of hydrogen-bond donors (Lipinski definition) is 1. The second-order valence-corrected chi connectivity index (χ2v) is 6.12. The monoisotopic (exact) mass is 324 g/mol. The summed E-state index contributed by atoms with van der Waals surface area (Å²) >= 11 is 0. The quantitative estimate of drug-likeness (QED) is 0.771. The number of aromatic amines is 1. The molecule has 124 valence electrons. The number of piperazine rings is 1. The molecule has 1 fully saturated rings. The van der Waals surface area contributed by atoms with Crippen LogP contribution in [0.1, 0.15) is 11.3 Å². The zero-order chi connectivity index (χ0) is 16.7. The molecule has 1 aliphatic heterocycles. The topological polar surface area (TPSA) is 69.5 Å². The fourth-order valence-electron chi connectivity index (χ4n) is 3.05. The Bertz CT molecular complexity index is 921. The smallest absolute Gasteiger partial charge is 0.277 e. The molecule has 0 unspecified atom stereocenters. The second-order valence-electron chi connectivity index (χ2n) is 6.12. The Kier molecular flexibility index (Phi) is 3.48. The van der Waals surface area contributed by atoms with Crippen LogP contribution in [0.2, 0.25) is 0 Å². The maximum atomic E-state index is 12.3. The van der Waals surface area contributed by atoms with Crippen molar-refractivity contribution in [2.75, 3.05) is 36.0 Å². The maximum Gasteiger partial charge on any atom is 0.277 e. The number of rotatable bonds is 2. The second kappa shape index (κ2) is 5.67. The van der Waals surface area contributed by atoms with E-state index in [0.717, 1.165) is 31.9 Å². The van der Waals surface area contributed by atoms with Gasteiger partial charge in [-0.25, -0.2) is 4.98 Å². The number of hydrogen-bond acceptors (Lipinski definition) is 5. The highest BCUT2D eigenvalue weighted by molar-refractivity contribution is 5.49. The summed E-state index contributed by atoms with van der Waals surface area (Å²) in [5.41, 5.74) is 2.54. The van der Waals surface area contributed by atoms with E-state index in [1.54, 1.807) is 6.92 Å². The highest BCUT2D eigenvalue weighted by Crippen LogP contribution is 2.18. The van der Waals surface area contributed by atoms with Crippen molar-refractivity contribution in [2.45, 2.75) is 13.8 Å². The Morgan fingerprint density at radius 3 is 2.33 bits per heavy atom. The van der Waals surface area contributed by atoms with Gasteiger partial charge in [0.1, 0.15) is 0 Å². The summed E-state index contributed by atoms with van der Waals surface area (Å²) in [5, 5.41) is 3.09. The van der Waals surface area contributed by atoms with E-state index in [9.17, 15) is 4.79 Å². The fraction of sp³-hybridized carbons (Fsp3) is 0.353. The first kappa shape index (κ1) is 14.7. The lowest BCUT2D eigenvalue weighted by Crippen LogP contribution is -2.47. The first-order chi connectivity index (χ1) is 11.6. The van der Waals surface area contributed by atoms with Gasteiger partial charge in [-0.05, 0) is 26.0 Å². The van der Waals surface area contributed by atoms with E-state index in [4.69, 9.17) is 0 Å². The molecule has 0 bridgehead atoms. The Labute approximate surface area is 139 Å². The molecule has 1 aliphatic rings. The van der Waals surface area contributed by atoms with E-state index in [0.29, 0.717) is 17.3 Å². The van der Waals surface area contributed by atoms with E-state index >= 15 is 0 Å². The molecule has 0 aliphatic carbocycles. The van der Waals surface area contributed by atoms with Crippen LogP contribution in [0, 0.1) is 13.8 Å². The molecule has 1 N–H and O–H groups in total. The van der Waals surface area contributed by atoms with Gasteiger partial charge in [0.25, 0.3) is 11.3 Å². The van der Waals surface area contributed by atoms with Gasteiger partial charge in [0.15, 0.2) is 0 Å². The normalized spacial score (nSPS) is 15.2. The van der Waals surface area contributed by atoms with Crippen LogP contribution in [-0.4, -0.2) is 45.8 Å². The van der Waals surface area contributed by atoms with Crippen molar-refractivity contribution in [2.24, 2.45) is 0 Å². The van der Waals surface area contributed by atoms with Gasteiger partial charge >= 0.3 is 0 Å². The molecule has 3 heterocycles. The van der Waals surface area contributed by atoms with Crippen molar-refractivity contribution in [3.05, 3.63) is 51.9 Å². The standard InChI is InChI=1S/C17H20N6O/c1-12-13(2)18-16-19-17(20-23(16)15(12)24)22-10-8-21(9-11-22)14-6-4-3-5-7-14/h3-7H,8-11H2,1-2H3,(H,18,19,20). The zero-order valence-electron chi connectivity index (χ0n) is 13.9. The SMILES string of the molecule is Cc1nc2nc(N3CCN(c4ccccc4)CC3)[nH]n2c(=O)c1C. The van der Waals surface area contributed by atoms with Crippen LogP contribution in [0.5, 0.6) is 0 Å². The minimum atomic E-state index is -0.0841. The van der Waals surface area contributed by atoms with E-state index in [-0.39, 0.29) is 5.56 Å². The number of nitrogens with zero attached hydrogens (tertiary/aromatic N) is 5. The number of aryl methyl sites for hydroxylation is 1. The van der Waals surface area contributed by atoms with Crippen LogP contribution in [0.4, 0.5) is 11.6 Å². The Hall–Kier alpha value is -2.83. The largest absolute Gasteiger partial charge is 0.368 e. The van der Waals surface area contributed by atoms with Gasteiger partial charge in [-0.15, -0.1) is 0 Å². The molecular weight excluding hydrogens is 304 g/mol. The molecule has 24 heavy (non-hydrogen) atoms. The van der Waals surface area contributed by atoms with Crippen molar-refractivity contribution >= 4 is 17.4 Å². The summed E-state index contributed by atoms with van der Waals surface area (Å²) in [6.07, 6.45) is 0. The molecule has 0 atom stereocenters. The van der Waals surface area contributed by atoms with Gasteiger partial charge in [-0.3, -0.25) is 9.89 Å². The molecule has 2 aromatic heterocycles. The molecule has 3 aromatic rings. The van der Waals surface area contributed by atoms with Crippen molar-refractivity contribution in [3.8, 4) is 0 Å². The fourth-order valence-corrected chi connectivity index (χ4v) is 3.05. The van der Waals surface area contributed by atoms with Gasteiger partial charge < -0.3 is 9.80 Å². The highest BCUT2D eigenvalue weighted by atomic mass is 16.1. The molecule has 0 amide bonds. The number of para-hydroxylation sites is 1. The van der Waals surface area contributed by atoms with Crippen LogP contribution in [0.15, 0.2) is 35.1 Å². The van der Waals surface area contributed by atoms with Crippen LogP contribution in [-0.2, 0) is 0 Å². The minimum absolute atomic E-state index is 0.0841. The Morgan fingerprint density at radius 2 is 1.62 bits per heavy atom. The van der Waals surface area contributed by atoms with Crippen molar-refractivity contribution in [1.82, 2.24) is 19.6 Å². The average molecular weight is 324 g/mol. The van der Waals surface area contributed by atoms with Crippen LogP contribution in [0.25, 0.3) is 5.78 Å². The lowest BCUT2D eigenvalue weighted by Gasteiger charge is -2.35. The molecule has 1 aromatic carbocycles. The molecule has 7 heteroatoms. The van der Waals surface area contributed by atoms with Crippen LogP contribution < -0.4 is 15.4 Å². The number of aromatic nitrogens is 4. The van der Waals surface area contributed by atoms with E-state index in [1.165, 1.54) is 10.2 Å².